The predicted molar refractivity (Wildman–Crippen MR) is 94.1 cm³/mol. The second kappa shape index (κ2) is 8.15. The van der Waals surface area contributed by atoms with Crippen LogP contribution in [0.1, 0.15) is 37.8 Å². The van der Waals surface area contributed by atoms with Crippen LogP contribution >= 0.6 is 11.8 Å². The van der Waals surface area contributed by atoms with Gasteiger partial charge in [0.05, 0.1) is 5.75 Å². The molecule has 0 aliphatic carbocycles. The Balaban J connectivity index is 2.04. The van der Waals surface area contributed by atoms with Crippen LogP contribution < -0.4 is 5.32 Å². The largest absolute Gasteiger partial charge is 0.353 e. The van der Waals surface area contributed by atoms with Gasteiger partial charge in [0.1, 0.15) is 6.33 Å². The number of carbonyl (C=O) groups is 1. The second-order valence-electron chi connectivity index (χ2n) is 5.62. The minimum absolute atomic E-state index is 0.0401. The first kappa shape index (κ1) is 17.5. The van der Waals surface area contributed by atoms with Gasteiger partial charge < -0.3 is 5.32 Å². The molecule has 1 amide bonds. The summed E-state index contributed by atoms with van der Waals surface area (Å²) < 4.78 is 1.92. The number of amides is 1. The van der Waals surface area contributed by atoms with E-state index < -0.39 is 0 Å². The van der Waals surface area contributed by atoms with E-state index in [9.17, 15) is 4.79 Å². The molecule has 1 N–H and O–H groups in total. The van der Waals surface area contributed by atoms with Crippen LogP contribution in [0.5, 0.6) is 0 Å². The van der Waals surface area contributed by atoms with Crippen LogP contribution in [0.3, 0.4) is 0 Å². The fourth-order valence-corrected chi connectivity index (χ4v) is 3.01. The van der Waals surface area contributed by atoms with Gasteiger partial charge in [-0.2, -0.15) is 0 Å². The van der Waals surface area contributed by atoms with E-state index in [1.54, 1.807) is 6.33 Å². The Hall–Kier alpha value is -1.82. The average Bonchev–Trinajstić information content (AvgIpc) is 3.01. The molecular formula is C17H24N4OS. The number of aromatic nitrogens is 3. The predicted octanol–water partition coefficient (Wildman–Crippen LogP) is 3.28. The summed E-state index contributed by atoms with van der Waals surface area (Å²) in [5, 5.41) is 11.9. The Bertz CT molecular complexity index is 664. The molecule has 0 bridgehead atoms. The third kappa shape index (κ3) is 4.58. The molecule has 0 fully saturated rings. The molecule has 6 heteroatoms. The van der Waals surface area contributed by atoms with Crippen LogP contribution in [0.2, 0.25) is 0 Å². The standard InChI is InChI=1S/C17H24N4OS/c1-5-14(6-2)19-16(22)10-23-17-20-18-11-21(17)15-8-7-12(3)13(4)9-15/h7-9,11,14H,5-6,10H2,1-4H3,(H,19,22). The normalized spacial score (nSPS) is 11.0. The highest BCUT2D eigenvalue weighted by atomic mass is 32.2. The quantitative estimate of drug-likeness (QED) is 0.791. The molecule has 0 radical (unpaired) electrons. The van der Waals surface area contributed by atoms with Gasteiger partial charge in [-0.1, -0.05) is 31.7 Å². The Labute approximate surface area is 141 Å². The summed E-state index contributed by atoms with van der Waals surface area (Å²) in [5.41, 5.74) is 3.49. The number of benzene rings is 1. The summed E-state index contributed by atoms with van der Waals surface area (Å²) in [6.45, 7) is 8.33. The summed E-state index contributed by atoms with van der Waals surface area (Å²) in [7, 11) is 0. The van der Waals surface area contributed by atoms with E-state index in [4.69, 9.17) is 0 Å². The van der Waals surface area contributed by atoms with E-state index in [-0.39, 0.29) is 11.9 Å². The molecule has 1 heterocycles. The number of rotatable bonds is 7. The van der Waals surface area contributed by atoms with E-state index in [0.29, 0.717) is 5.75 Å². The third-order valence-electron chi connectivity index (χ3n) is 3.97. The van der Waals surface area contributed by atoms with Crippen LogP contribution in [-0.2, 0) is 4.79 Å². The maximum atomic E-state index is 12.0. The molecule has 0 aliphatic rings. The molecule has 5 nitrogen and oxygen atoms in total. The minimum atomic E-state index is 0.0401. The number of hydrogen-bond acceptors (Lipinski definition) is 4. The monoisotopic (exact) mass is 332 g/mol. The first-order valence-electron chi connectivity index (χ1n) is 7.95. The molecule has 1 aromatic heterocycles. The van der Waals surface area contributed by atoms with Gasteiger partial charge in [0.15, 0.2) is 5.16 Å². The van der Waals surface area contributed by atoms with Crippen LogP contribution in [0.25, 0.3) is 5.69 Å². The van der Waals surface area contributed by atoms with Gasteiger partial charge in [0, 0.05) is 11.7 Å². The smallest absolute Gasteiger partial charge is 0.230 e. The molecule has 124 valence electrons. The lowest BCUT2D eigenvalue weighted by Crippen LogP contribution is -2.35. The van der Waals surface area contributed by atoms with Crippen molar-refractivity contribution in [3.8, 4) is 5.69 Å². The van der Waals surface area contributed by atoms with Gasteiger partial charge in [-0.3, -0.25) is 9.36 Å². The van der Waals surface area contributed by atoms with Crippen molar-refractivity contribution in [2.75, 3.05) is 5.75 Å². The van der Waals surface area contributed by atoms with Crippen molar-refractivity contribution >= 4 is 17.7 Å². The maximum absolute atomic E-state index is 12.0. The van der Waals surface area contributed by atoms with Gasteiger partial charge in [-0.15, -0.1) is 10.2 Å². The highest BCUT2D eigenvalue weighted by molar-refractivity contribution is 7.99. The average molecular weight is 332 g/mol. The van der Waals surface area contributed by atoms with Gasteiger partial charge in [-0.05, 0) is 49.9 Å². The van der Waals surface area contributed by atoms with Crippen molar-refractivity contribution in [1.29, 1.82) is 0 Å². The zero-order valence-corrected chi connectivity index (χ0v) is 15.0. The summed E-state index contributed by atoms with van der Waals surface area (Å²) in [6.07, 6.45) is 3.59. The van der Waals surface area contributed by atoms with Crippen molar-refractivity contribution < 1.29 is 4.79 Å². The first-order valence-corrected chi connectivity index (χ1v) is 8.93. The van der Waals surface area contributed by atoms with E-state index in [1.807, 2.05) is 10.6 Å². The van der Waals surface area contributed by atoms with E-state index >= 15 is 0 Å². The molecule has 0 atom stereocenters. The Morgan fingerprint density at radius 2 is 2.00 bits per heavy atom. The zero-order chi connectivity index (χ0) is 16.8. The van der Waals surface area contributed by atoms with E-state index in [0.717, 1.165) is 23.7 Å². The van der Waals surface area contributed by atoms with Gasteiger partial charge >= 0.3 is 0 Å². The maximum Gasteiger partial charge on any atom is 0.230 e. The lowest BCUT2D eigenvalue weighted by molar-refractivity contribution is -0.119. The number of nitrogens with one attached hydrogen (secondary N) is 1. The Kier molecular flexibility index (Phi) is 6.21. The minimum Gasteiger partial charge on any atom is -0.353 e. The van der Waals surface area contributed by atoms with Crippen LogP contribution in [0.15, 0.2) is 29.7 Å². The second-order valence-corrected chi connectivity index (χ2v) is 6.56. The number of thioether (sulfide) groups is 1. The number of carbonyl (C=O) groups excluding carboxylic acids is 1. The van der Waals surface area contributed by atoms with Gasteiger partial charge in [0.2, 0.25) is 5.91 Å². The number of aryl methyl sites for hydroxylation is 2. The topological polar surface area (TPSA) is 59.8 Å². The fourth-order valence-electron chi connectivity index (χ4n) is 2.27. The summed E-state index contributed by atoms with van der Waals surface area (Å²) in [4.78, 5) is 12.0. The van der Waals surface area contributed by atoms with Crippen molar-refractivity contribution in [1.82, 2.24) is 20.1 Å². The Morgan fingerprint density at radius 1 is 1.26 bits per heavy atom. The molecule has 2 aromatic rings. The molecule has 0 spiro atoms. The molecule has 0 saturated carbocycles. The number of hydrogen-bond donors (Lipinski definition) is 1. The highest BCUT2D eigenvalue weighted by Crippen LogP contribution is 2.21. The summed E-state index contributed by atoms with van der Waals surface area (Å²) in [5.74, 6) is 0.387. The van der Waals surface area contributed by atoms with Crippen molar-refractivity contribution in [2.24, 2.45) is 0 Å². The Morgan fingerprint density at radius 3 is 2.65 bits per heavy atom. The zero-order valence-electron chi connectivity index (χ0n) is 14.2. The highest BCUT2D eigenvalue weighted by Gasteiger charge is 2.12. The fraction of sp³-hybridized carbons (Fsp3) is 0.471. The lowest BCUT2D eigenvalue weighted by Gasteiger charge is -2.14. The van der Waals surface area contributed by atoms with Crippen molar-refractivity contribution in [3.05, 3.63) is 35.7 Å². The van der Waals surface area contributed by atoms with E-state index in [2.05, 4.69) is 55.3 Å². The molecule has 0 aliphatic heterocycles. The summed E-state index contributed by atoms with van der Waals surface area (Å²) >= 11 is 1.41. The molecule has 0 saturated heterocycles. The number of nitrogens with zero attached hydrogens (tertiary/aromatic N) is 3. The summed E-state index contributed by atoms with van der Waals surface area (Å²) in [6, 6.07) is 6.48. The van der Waals surface area contributed by atoms with E-state index in [1.165, 1.54) is 22.9 Å². The van der Waals surface area contributed by atoms with Gasteiger partial charge in [-0.25, -0.2) is 0 Å². The molecule has 23 heavy (non-hydrogen) atoms. The first-order chi connectivity index (χ1) is 11.0. The van der Waals surface area contributed by atoms with Gasteiger partial charge in [0.25, 0.3) is 0 Å². The SMILES string of the molecule is CCC(CC)NC(=O)CSc1nncn1-c1ccc(C)c(C)c1. The van der Waals surface area contributed by atoms with Crippen molar-refractivity contribution in [2.45, 2.75) is 51.7 Å². The lowest BCUT2D eigenvalue weighted by atomic mass is 10.1. The van der Waals surface area contributed by atoms with Crippen molar-refractivity contribution in [3.63, 3.8) is 0 Å². The molecule has 0 unspecified atom stereocenters. The van der Waals surface area contributed by atoms with Crippen LogP contribution in [0.4, 0.5) is 0 Å². The van der Waals surface area contributed by atoms with Crippen LogP contribution in [-0.4, -0.2) is 32.5 Å². The third-order valence-corrected chi connectivity index (χ3v) is 4.91. The molecule has 1 aromatic carbocycles. The molecular weight excluding hydrogens is 308 g/mol. The van der Waals surface area contributed by atoms with Crippen LogP contribution in [0, 0.1) is 13.8 Å². The molecule has 2 rings (SSSR count).